The lowest BCUT2D eigenvalue weighted by molar-refractivity contribution is 0.465. The van der Waals surface area contributed by atoms with E-state index in [0.717, 1.165) is 11.1 Å². The minimum absolute atomic E-state index is 0.137. The Bertz CT molecular complexity index is 714. The molecular weight excluding hydrogens is 288 g/mol. The Morgan fingerprint density at radius 2 is 1.95 bits per heavy atom. The molecule has 2 aromatic rings. The predicted molar refractivity (Wildman–Crippen MR) is 81.9 cm³/mol. The van der Waals surface area contributed by atoms with Gasteiger partial charge in [0, 0.05) is 19.8 Å². The zero-order chi connectivity index (χ0) is 15.5. The van der Waals surface area contributed by atoms with E-state index in [0.29, 0.717) is 12.4 Å². The number of aryl methyl sites for hydroxylation is 1. The highest BCUT2D eigenvalue weighted by atomic mass is 32.2. The molecule has 0 unspecified atom stereocenters. The molecule has 1 aromatic carbocycles. The second kappa shape index (κ2) is 6.21. The molecule has 0 aliphatic rings. The van der Waals surface area contributed by atoms with Gasteiger partial charge >= 0.3 is 0 Å². The van der Waals surface area contributed by atoms with Crippen LogP contribution in [0.4, 0.5) is 5.82 Å². The molecule has 0 aliphatic carbocycles. The maximum absolute atomic E-state index is 12.5. The lowest BCUT2D eigenvalue weighted by atomic mass is 10.1. The molecule has 0 aliphatic heterocycles. The fourth-order valence-corrected chi connectivity index (χ4v) is 3.01. The van der Waals surface area contributed by atoms with E-state index in [1.165, 1.54) is 22.6 Å². The molecule has 0 radical (unpaired) electrons. The van der Waals surface area contributed by atoms with Crippen LogP contribution in [0.15, 0.2) is 47.5 Å². The molecule has 0 saturated carbocycles. The molecule has 0 atom stereocenters. The molecule has 7 heteroatoms. The summed E-state index contributed by atoms with van der Waals surface area (Å²) in [5, 5.41) is 0. The van der Waals surface area contributed by atoms with Crippen molar-refractivity contribution in [1.82, 2.24) is 9.29 Å². The van der Waals surface area contributed by atoms with E-state index >= 15 is 0 Å². The van der Waals surface area contributed by atoms with Gasteiger partial charge in [0.25, 0.3) is 0 Å². The van der Waals surface area contributed by atoms with Crippen LogP contribution in [0.5, 0.6) is 0 Å². The number of nitrogen functional groups attached to an aromatic ring is 1. The van der Waals surface area contributed by atoms with Gasteiger partial charge in [-0.15, -0.1) is 0 Å². The number of rotatable bonds is 5. The van der Waals surface area contributed by atoms with Crippen molar-refractivity contribution in [2.45, 2.75) is 18.4 Å². The molecule has 1 heterocycles. The molecule has 3 N–H and O–H groups in total. The van der Waals surface area contributed by atoms with Crippen molar-refractivity contribution in [3.8, 4) is 0 Å². The zero-order valence-corrected chi connectivity index (χ0v) is 12.8. The largest absolute Gasteiger partial charge is 0.308 e. The molecular formula is C14H18N4O2S. The van der Waals surface area contributed by atoms with Crippen LogP contribution in [0.3, 0.4) is 0 Å². The number of nitrogens with zero attached hydrogens (tertiary/aromatic N) is 2. The SMILES string of the molecule is Cc1ccccc1CN(C)S(=O)(=O)c1ccc(NN)nc1. The molecule has 0 bridgehead atoms. The van der Waals surface area contributed by atoms with Crippen LogP contribution in [-0.4, -0.2) is 24.8 Å². The van der Waals surface area contributed by atoms with Crippen molar-refractivity contribution < 1.29 is 8.42 Å². The number of pyridine rings is 1. The van der Waals surface area contributed by atoms with E-state index in [1.807, 2.05) is 31.2 Å². The summed E-state index contributed by atoms with van der Waals surface area (Å²) in [6.45, 7) is 2.27. The summed E-state index contributed by atoms with van der Waals surface area (Å²) in [5.41, 5.74) is 4.39. The van der Waals surface area contributed by atoms with Gasteiger partial charge in [-0.3, -0.25) is 0 Å². The lowest BCUT2D eigenvalue weighted by Gasteiger charge is -2.18. The van der Waals surface area contributed by atoms with E-state index in [9.17, 15) is 8.42 Å². The molecule has 0 fully saturated rings. The first-order chi connectivity index (χ1) is 9.95. The van der Waals surface area contributed by atoms with Gasteiger partial charge in [-0.25, -0.2) is 19.2 Å². The molecule has 0 spiro atoms. The van der Waals surface area contributed by atoms with E-state index in [4.69, 9.17) is 5.84 Å². The van der Waals surface area contributed by atoms with Crippen LogP contribution in [0.25, 0.3) is 0 Å². The van der Waals surface area contributed by atoms with Crippen molar-refractivity contribution in [1.29, 1.82) is 0 Å². The average molecular weight is 306 g/mol. The number of anilines is 1. The Kier molecular flexibility index (Phi) is 4.56. The average Bonchev–Trinajstić information content (AvgIpc) is 2.49. The number of benzene rings is 1. The van der Waals surface area contributed by atoms with Gasteiger partial charge in [0.15, 0.2) is 0 Å². The quantitative estimate of drug-likeness (QED) is 0.645. The van der Waals surface area contributed by atoms with Crippen LogP contribution in [0.1, 0.15) is 11.1 Å². The Labute approximate surface area is 124 Å². The highest BCUT2D eigenvalue weighted by Gasteiger charge is 2.21. The number of nitrogens with two attached hydrogens (primary N) is 1. The lowest BCUT2D eigenvalue weighted by Crippen LogP contribution is -2.27. The maximum Gasteiger partial charge on any atom is 0.244 e. The monoisotopic (exact) mass is 306 g/mol. The summed E-state index contributed by atoms with van der Waals surface area (Å²) in [5.74, 6) is 5.63. The van der Waals surface area contributed by atoms with E-state index in [2.05, 4.69) is 10.4 Å². The van der Waals surface area contributed by atoms with Crippen LogP contribution in [-0.2, 0) is 16.6 Å². The normalized spacial score (nSPS) is 11.6. The summed E-state index contributed by atoms with van der Waals surface area (Å²) in [4.78, 5) is 4.07. The number of hydrogen-bond acceptors (Lipinski definition) is 5. The minimum Gasteiger partial charge on any atom is -0.308 e. The first-order valence-corrected chi connectivity index (χ1v) is 7.82. The Balaban J connectivity index is 2.24. The van der Waals surface area contributed by atoms with Crippen molar-refractivity contribution >= 4 is 15.8 Å². The summed E-state index contributed by atoms with van der Waals surface area (Å²) >= 11 is 0. The zero-order valence-electron chi connectivity index (χ0n) is 11.9. The van der Waals surface area contributed by atoms with Crippen molar-refractivity contribution in [3.63, 3.8) is 0 Å². The fraction of sp³-hybridized carbons (Fsp3) is 0.214. The van der Waals surface area contributed by atoms with Gasteiger partial charge in [0.1, 0.15) is 10.7 Å². The molecule has 6 nitrogen and oxygen atoms in total. The van der Waals surface area contributed by atoms with Gasteiger partial charge in [-0.05, 0) is 30.2 Å². The molecule has 0 saturated heterocycles. The summed E-state index contributed by atoms with van der Waals surface area (Å²) < 4.78 is 26.3. The van der Waals surface area contributed by atoms with Crippen LogP contribution < -0.4 is 11.3 Å². The first-order valence-electron chi connectivity index (χ1n) is 6.38. The number of sulfonamides is 1. The van der Waals surface area contributed by atoms with Crippen LogP contribution >= 0.6 is 0 Å². The van der Waals surface area contributed by atoms with E-state index in [1.54, 1.807) is 7.05 Å². The van der Waals surface area contributed by atoms with Gasteiger partial charge in [0.2, 0.25) is 10.0 Å². The number of hydrogen-bond donors (Lipinski definition) is 2. The maximum atomic E-state index is 12.5. The first kappa shape index (κ1) is 15.4. The van der Waals surface area contributed by atoms with Crippen molar-refractivity contribution in [3.05, 3.63) is 53.7 Å². The van der Waals surface area contributed by atoms with Crippen molar-refractivity contribution in [2.24, 2.45) is 5.84 Å². The number of hydrazine groups is 1. The van der Waals surface area contributed by atoms with Gasteiger partial charge in [-0.2, -0.15) is 4.31 Å². The van der Waals surface area contributed by atoms with E-state index in [-0.39, 0.29) is 4.90 Å². The van der Waals surface area contributed by atoms with Crippen LogP contribution in [0, 0.1) is 6.92 Å². The number of aromatic nitrogens is 1. The third-order valence-corrected chi connectivity index (χ3v) is 5.03. The number of nitrogens with one attached hydrogen (secondary N) is 1. The van der Waals surface area contributed by atoms with Gasteiger partial charge in [-0.1, -0.05) is 24.3 Å². The third kappa shape index (κ3) is 3.38. The third-order valence-electron chi connectivity index (χ3n) is 3.25. The Morgan fingerprint density at radius 3 is 2.52 bits per heavy atom. The Morgan fingerprint density at radius 1 is 1.24 bits per heavy atom. The van der Waals surface area contributed by atoms with E-state index < -0.39 is 10.0 Å². The topological polar surface area (TPSA) is 88.3 Å². The van der Waals surface area contributed by atoms with Crippen LogP contribution in [0.2, 0.25) is 0 Å². The molecule has 2 rings (SSSR count). The molecule has 0 amide bonds. The van der Waals surface area contributed by atoms with Crippen molar-refractivity contribution in [2.75, 3.05) is 12.5 Å². The standard InChI is InChI=1S/C14H18N4O2S/c1-11-5-3-4-6-12(11)10-18(2)21(19,20)13-7-8-14(17-15)16-9-13/h3-9H,10,15H2,1-2H3,(H,16,17). The Hall–Kier alpha value is -1.96. The highest BCUT2D eigenvalue weighted by Crippen LogP contribution is 2.18. The van der Waals surface area contributed by atoms with Gasteiger partial charge < -0.3 is 5.43 Å². The second-order valence-electron chi connectivity index (χ2n) is 4.71. The summed E-state index contributed by atoms with van der Waals surface area (Å²) in [6, 6.07) is 10.7. The second-order valence-corrected chi connectivity index (χ2v) is 6.76. The smallest absolute Gasteiger partial charge is 0.244 e. The predicted octanol–water partition coefficient (Wildman–Crippen LogP) is 1.50. The van der Waals surface area contributed by atoms with Gasteiger partial charge in [0.05, 0.1) is 0 Å². The highest BCUT2D eigenvalue weighted by molar-refractivity contribution is 7.89. The fourth-order valence-electron chi connectivity index (χ4n) is 1.91. The summed E-state index contributed by atoms with van der Waals surface area (Å²) in [6.07, 6.45) is 1.29. The molecule has 112 valence electrons. The summed E-state index contributed by atoms with van der Waals surface area (Å²) in [7, 11) is -2.02. The molecule has 1 aromatic heterocycles. The molecule has 21 heavy (non-hydrogen) atoms. The minimum atomic E-state index is -3.58.